The summed E-state index contributed by atoms with van der Waals surface area (Å²) in [5, 5.41) is 13.5. The molecule has 0 bridgehead atoms. The van der Waals surface area contributed by atoms with Gasteiger partial charge in [0.1, 0.15) is 5.75 Å². The Labute approximate surface area is 135 Å². The Hall–Kier alpha value is -2.41. The second-order valence-corrected chi connectivity index (χ2v) is 5.42. The first-order valence-electron chi connectivity index (χ1n) is 6.32. The molecule has 6 nitrogen and oxygen atoms in total. The third-order valence-electron chi connectivity index (χ3n) is 3.07. The number of nitrogens with zero attached hydrogens (tertiary/aromatic N) is 1. The zero-order chi connectivity index (χ0) is 16.3. The summed E-state index contributed by atoms with van der Waals surface area (Å²) in [6.45, 7) is 1.60. The largest absolute Gasteiger partial charge is 0.496 e. The summed E-state index contributed by atoms with van der Waals surface area (Å²) >= 11 is 3.34. The molecule has 0 aromatic heterocycles. The first-order chi connectivity index (χ1) is 10.4. The molecule has 7 heteroatoms. The van der Waals surface area contributed by atoms with E-state index in [0.29, 0.717) is 27.0 Å². The standard InChI is InChI=1S/C15H13BrN2O4/c1-9-7-10(3-5-13(9)18(20)21)15(19)17-11-4-6-14(22-2)12(16)8-11/h3-8H,1-2H3,(H,17,19). The number of rotatable bonds is 4. The number of methoxy groups -OCH3 is 1. The van der Waals surface area contributed by atoms with Crippen LogP contribution in [0.1, 0.15) is 15.9 Å². The summed E-state index contributed by atoms with van der Waals surface area (Å²) in [6, 6.07) is 9.40. The lowest BCUT2D eigenvalue weighted by molar-refractivity contribution is -0.385. The van der Waals surface area contributed by atoms with E-state index in [9.17, 15) is 14.9 Å². The Bertz CT molecular complexity index is 746. The maximum absolute atomic E-state index is 12.2. The predicted molar refractivity (Wildman–Crippen MR) is 86.5 cm³/mol. The Morgan fingerprint density at radius 1 is 1.27 bits per heavy atom. The second-order valence-electron chi connectivity index (χ2n) is 4.56. The van der Waals surface area contributed by atoms with E-state index in [1.807, 2.05) is 0 Å². The number of amides is 1. The first-order valence-corrected chi connectivity index (χ1v) is 7.11. The molecule has 0 spiro atoms. The van der Waals surface area contributed by atoms with Gasteiger partial charge in [-0.2, -0.15) is 0 Å². The van der Waals surface area contributed by atoms with Gasteiger partial charge in [0, 0.05) is 22.9 Å². The number of ether oxygens (including phenoxy) is 1. The Balaban J connectivity index is 2.20. The van der Waals surface area contributed by atoms with E-state index < -0.39 is 4.92 Å². The highest BCUT2D eigenvalue weighted by Gasteiger charge is 2.14. The highest BCUT2D eigenvalue weighted by molar-refractivity contribution is 9.10. The quantitative estimate of drug-likeness (QED) is 0.658. The van der Waals surface area contributed by atoms with E-state index >= 15 is 0 Å². The molecule has 114 valence electrons. The van der Waals surface area contributed by atoms with Gasteiger partial charge < -0.3 is 10.1 Å². The van der Waals surface area contributed by atoms with E-state index in [1.54, 1.807) is 32.2 Å². The van der Waals surface area contributed by atoms with Crippen LogP contribution in [-0.4, -0.2) is 17.9 Å². The zero-order valence-corrected chi connectivity index (χ0v) is 13.5. The number of anilines is 1. The van der Waals surface area contributed by atoms with Crippen LogP contribution in [0.15, 0.2) is 40.9 Å². The second kappa shape index (κ2) is 6.57. The molecule has 22 heavy (non-hydrogen) atoms. The van der Waals surface area contributed by atoms with Gasteiger partial charge >= 0.3 is 0 Å². The van der Waals surface area contributed by atoms with Crippen LogP contribution in [0.3, 0.4) is 0 Å². The Kier molecular flexibility index (Phi) is 4.77. The summed E-state index contributed by atoms with van der Waals surface area (Å²) < 4.78 is 5.83. The molecule has 2 aromatic rings. The van der Waals surface area contributed by atoms with Gasteiger partial charge in [-0.3, -0.25) is 14.9 Å². The number of aryl methyl sites for hydroxylation is 1. The number of halogens is 1. The van der Waals surface area contributed by atoms with Crippen LogP contribution in [0.2, 0.25) is 0 Å². The lowest BCUT2D eigenvalue weighted by Crippen LogP contribution is -2.12. The zero-order valence-electron chi connectivity index (χ0n) is 11.9. The van der Waals surface area contributed by atoms with E-state index in [0.717, 1.165) is 0 Å². The molecule has 1 N–H and O–H groups in total. The Morgan fingerprint density at radius 3 is 2.55 bits per heavy atom. The molecule has 0 heterocycles. The molecule has 1 amide bonds. The summed E-state index contributed by atoms with van der Waals surface area (Å²) in [5.41, 5.74) is 1.38. The molecule has 2 rings (SSSR count). The minimum Gasteiger partial charge on any atom is -0.496 e. The van der Waals surface area contributed by atoms with Gasteiger partial charge in [-0.15, -0.1) is 0 Å². The summed E-state index contributed by atoms with van der Waals surface area (Å²) in [7, 11) is 1.55. The number of hydrogen-bond donors (Lipinski definition) is 1. The van der Waals surface area contributed by atoms with Crippen molar-refractivity contribution in [3.8, 4) is 5.75 Å². The van der Waals surface area contributed by atoms with Gasteiger partial charge in [0.25, 0.3) is 11.6 Å². The van der Waals surface area contributed by atoms with Crippen LogP contribution in [0, 0.1) is 17.0 Å². The van der Waals surface area contributed by atoms with Crippen molar-refractivity contribution in [3.05, 3.63) is 62.1 Å². The Morgan fingerprint density at radius 2 is 2.00 bits per heavy atom. The average Bonchev–Trinajstić information content (AvgIpc) is 2.46. The highest BCUT2D eigenvalue weighted by atomic mass is 79.9. The van der Waals surface area contributed by atoms with Crippen LogP contribution < -0.4 is 10.1 Å². The van der Waals surface area contributed by atoms with Crippen molar-refractivity contribution in [1.29, 1.82) is 0 Å². The van der Waals surface area contributed by atoms with Crippen LogP contribution in [0.4, 0.5) is 11.4 Å². The fraction of sp³-hybridized carbons (Fsp3) is 0.133. The maximum atomic E-state index is 12.2. The summed E-state index contributed by atoms with van der Waals surface area (Å²) in [6.07, 6.45) is 0. The molecule has 0 saturated carbocycles. The van der Waals surface area contributed by atoms with Gasteiger partial charge in [0.2, 0.25) is 0 Å². The monoisotopic (exact) mass is 364 g/mol. The molecule has 2 aromatic carbocycles. The normalized spacial score (nSPS) is 10.1. The summed E-state index contributed by atoms with van der Waals surface area (Å²) in [5.74, 6) is 0.319. The highest BCUT2D eigenvalue weighted by Crippen LogP contribution is 2.28. The van der Waals surface area contributed by atoms with Gasteiger partial charge in [-0.1, -0.05) is 0 Å². The molecular formula is C15H13BrN2O4. The fourth-order valence-electron chi connectivity index (χ4n) is 1.95. The maximum Gasteiger partial charge on any atom is 0.272 e. The number of nitrogens with one attached hydrogen (secondary N) is 1. The van der Waals surface area contributed by atoms with Gasteiger partial charge in [0.15, 0.2) is 0 Å². The van der Waals surface area contributed by atoms with Gasteiger partial charge in [0.05, 0.1) is 16.5 Å². The number of carbonyl (C=O) groups excluding carboxylic acids is 1. The van der Waals surface area contributed by atoms with E-state index in [1.165, 1.54) is 18.2 Å². The van der Waals surface area contributed by atoms with Crippen molar-refractivity contribution in [2.24, 2.45) is 0 Å². The van der Waals surface area contributed by atoms with Crippen LogP contribution in [0.25, 0.3) is 0 Å². The van der Waals surface area contributed by atoms with Gasteiger partial charge in [-0.05, 0) is 53.2 Å². The third-order valence-corrected chi connectivity index (χ3v) is 3.69. The predicted octanol–water partition coefficient (Wildman–Crippen LogP) is 3.93. The number of benzene rings is 2. The molecule has 0 aliphatic carbocycles. The van der Waals surface area contributed by atoms with Crippen LogP contribution >= 0.6 is 15.9 Å². The molecule has 0 aliphatic rings. The third kappa shape index (κ3) is 3.43. The van der Waals surface area contributed by atoms with Crippen LogP contribution in [0.5, 0.6) is 5.75 Å². The molecule has 0 atom stereocenters. The SMILES string of the molecule is COc1ccc(NC(=O)c2ccc([N+](=O)[O-])c(C)c2)cc1Br. The molecule has 0 aliphatic heterocycles. The number of hydrogen-bond acceptors (Lipinski definition) is 4. The molecule has 0 radical (unpaired) electrons. The lowest BCUT2D eigenvalue weighted by Gasteiger charge is -2.08. The number of nitro groups is 1. The minimum atomic E-state index is -0.475. The van der Waals surface area contributed by atoms with Crippen molar-refractivity contribution in [2.45, 2.75) is 6.92 Å². The van der Waals surface area contributed by atoms with Crippen molar-refractivity contribution < 1.29 is 14.5 Å². The van der Waals surface area contributed by atoms with Crippen molar-refractivity contribution in [3.63, 3.8) is 0 Å². The van der Waals surface area contributed by atoms with Gasteiger partial charge in [-0.25, -0.2) is 0 Å². The minimum absolute atomic E-state index is 0.0104. The van der Waals surface area contributed by atoms with Crippen molar-refractivity contribution >= 4 is 33.2 Å². The van der Waals surface area contributed by atoms with Crippen molar-refractivity contribution in [1.82, 2.24) is 0 Å². The topological polar surface area (TPSA) is 81.5 Å². The van der Waals surface area contributed by atoms with E-state index in [-0.39, 0.29) is 11.6 Å². The summed E-state index contributed by atoms with van der Waals surface area (Å²) in [4.78, 5) is 22.5. The molecule has 0 fully saturated rings. The first kappa shape index (κ1) is 16.0. The van der Waals surface area contributed by atoms with E-state index in [4.69, 9.17) is 4.74 Å². The lowest BCUT2D eigenvalue weighted by atomic mass is 10.1. The number of nitro benzene ring substituents is 1. The number of carbonyl (C=O) groups is 1. The fourth-order valence-corrected chi connectivity index (χ4v) is 2.49. The van der Waals surface area contributed by atoms with Crippen molar-refractivity contribution in [2.75, 3.05) is 12.4 Å². The average molecular weight is 365 g/mol. The molecular weight excluding hydrogens is 352 g/mol. The molecule has 0 unspecified atom stereocenters. The van der Waals surface area contributed by atoms with E-state index in [2.05, 4.69) is 21.2 Å². The molecule has 0 saturated heterocycles. The van der Waals surface area contributed by atoms with Crippen LogP contribution in [-0.2, 0) is 0 Å². The smallest absolute Gasteiger partial charge is 0.272 e.